The van der Waals surface area contributed by atoms with E-state index in [2.05, 4.69) is 100 Å². The molecule has 260 valence electrons. The van der Waals surface area contributed by atoms with Crippen LogP contribution < -0.4 is 27.4 Å². The molecule has 0 aliphatic heterocycles. The van der Waals surface area contributed by atoms with Gasteiger partial charge in [0.05, 0.1) is 12.5 Å². The molecule has 1 heterocycles. The molecule has 0 radical (unpaired) electrons. The van der Waals surface area contributed by atoms with Crippen LogP contribution in [0.2, 0.25) is 0 Å². The van der Waals surface area contributed by atoms with Crippen molar-refractivity contribution in [3.63, 3.8) is 0 Å². The van der Waals surface area contributed by atoms with Gasteiger partial charge >= 0.3 is 5.97 Å². The van der Waals surface area contributed by atoms with Gasteiger partial charge in [-0.1, -0.05) is 68.4 Å². The van der Waals surface area contributed by atoms with Gasteiger partial charge < -0.3 is 37.1 Å². The lowest BCUT2D eigenvalue weighted by Crippen LogP contribution is -2.47. The Morgan fingerprint density at radius 2 is 1.46 bits per heavy atom. The minimum absolute atomic E-state index is 0.0470. The Kier molecular flexibility index (Phi) is 13.3. The second-order valence-corrected chi connectivity index (χ2v) is 15.9. The second-order valence-electron chi connectivity index (χ2n) is 15.9. The fourth-order valence-corrected chi connectivity index (χ4v) is 6.22. The van der Waals surface area contributed by atoms with E-state index in [1.165, 1.54) is 18.2 Å². The molecule has 10 nitrogen and oxygen atoms in total. The van der Waals surface area contributed by atoms with Crippen molar-refractivity contribution < 1.29 is 14.3 Å². The molecule has 0 spiro atoms. The lowest BCUT2D eigenvalue weighted by atomic mass is 9.77. The topological polar surface area (TPSA) is 160 Å². The Balaban J connectivity index is 2.67. The lowest BCUT2D eigenvalue weighted by Gasteiger charge is -2.32. The highest BCUT2D eigenvalue weighted by Gasteiger charge is 2.40. The van der Waals surface area contributed by atoms with Crippen LogP contribution in [0.5, 0.6) is 0 Å². The summed E-state index contributed by atoms with van der Waals surface area (Å²) >= 11 is 0. The van der Waals surface area contributed by atoms with E-state index in [0.717, 1.165) is 48.1 Å². The number of carbonyl (C=O) groups is 2. The molecule has 1 amide bonds. The van der Waals surface area contributed by atoms with Crippen LogP contribution in [-0.4, -0.2) is 69.7 Å². The molecule has 0 saturated heterocycles. The summed E-state index contributed by atoms with van der Waals surface area (Å²) in [5, 5.41) is 10.5. The summed E-state index contributed by atoms with van der Waals surface area (Å²) < 4.78 is 5.30. The maximum absolute atomic E-state index is 14.1. The predicted octanol–water partition coefficient (Wildman–Crippen LogP) is 4.52. The number of fused-ring (bicyclic) bond motifs is 1. The quantitative estimate of drug-likeness (QED) is 0.0722. The fraction of sp³-hybridized carbons (Fsp3) is 0.694. The zero-order chi connectivity index (χ0) is 35.1. The number of benzene rings is 1. The van der Waals surface area contributed by atoms with Gasteiger partial charge in [0.15, 0.2) is 5.96 Å². The number of nitrogens with zero attached hydrogens (tertiary/aromatic N) is 1. The number of nitrogens with one attached hydrogen (secondary N) is 4. The Labute approximate surface area is 277 Å². The van der Waals surface area contributed by atoms with Gasteiger partial charge in [-0.25, -0.2) is 4.99 Å². The average molecular weight is 642 g/mol. The molecule has 0 aliphatic rings. The van der Waals surface area contributed by atoms with Crippen molar-refractivity contribution in [2.75, 3.05) is 40.8 Å². The number of rotatable bonds is 15. The van der Waals surface area contributed by atoms with Crippen molar-refractivity contribution in [2.24, 2.45) is 21.9 Å². The van der Waals surface area contributed by atoms with Crippen LogP contribution in [-0.2, 0) is 37.0 Å². The third-order valence-electron chi connectivity index (χ3n) is 8.81. The highest BCUT2D eigenvalue weighted by atomic mass is 16.5. The summed E-state index contributed by atoms with van der Waals surface area (Å²) in [7, 11) is 5.17. The first-order valence-corrected chi connectivity index (χ1v) is 16.7. The Morgan fingerprint density at radius 1 is 0.891 bits per heavy atom. The minimum atomic E-state index is -0.898. The molecule has 0 fully saturated rings. The predicted molar refractivity (Wildman–Crippen MR) is 191 cm³/mol. The molecule has 46 heavy (non-hydrogen) atoms. The second kappa shape index (κ2) is 15.7. The molecule has 1 atom stereocenters. The summed E-state index contributed by atoms with van der Waals surface area (Å²) in [6.45, 7) is 21.4. The Hall–Kier alpha value is -3.11. The van der Waals surface area contributed by atoms with Gasteiger partial charge in [-0.05, 0) is 86.5 Å². The van der Waals surface area contributed by atoms with E-state index in [1.807, 2.05) is 14.1 Å². The number of hydrogen-bond acceptors (Lipinski definition) is 6. The molecule has 1 aromatic heterocycles. The third kappa shape index (κ3) is 9.94. The van der Waals surface area contributed by atoms with Crippen LogP contribution >= 0.6 is 0 Å². The van der Waals surface area contributed by atoms with Gasteiger partial charge in [0.2, 0.25) is 5.91 Å². The maximum atomic E-state index is 14.1. The number of aliphatic imine (C=N–C) groups is 1. The molecular formula is C36H63N7O3. The number of carbonyl (C=O) groups excluding carboxylic acids is 2. The minimum Gasteiger partial charge on any atom is -0.469 e. The van der Waals surface area contributed by atoms with E-state index in [1.54, 1.807) is 0 Å². The van der Waals surface area contributed by atoms with E-state index in [9.17, 15) is 9.59 Å². The van der Waals surface area contributed by atoms with Crippen LogP contribution in [0.1, 0.15) is 110 Å². The van der Waals surface area contributed by atoms with Crippen molar-refractivity contribution in [3.05, 3.63) is 34.5 Å². The van der Waals surface area contributed by atoms with Crippen molar-refractivity contribution >= 4 is 28.7 Å². The van der Waals surface area contributed by atoms with Crippen molar-refractivity contribution in [2.45, 2.75) is 117 Å². The zero-order valence-corrected chi connectivity index (χ0v) is 30.7. The first-order chi connectivity index (χ1) is 21.2. The van der Waals surface area contributed by atoms with Crippen LogP contribution in [0.15, 0.2) is 17.1 Å². The molecule has 1 aromatic carbocycles. The monoisotopic (exact) mass is 641 g/mol. The molecule has 8 N–H and O–H groups in total. The number of aromatic amines is 1. The van der Waals surface area contributed by atoms with Crippen LogP contribution in [0, 0.1) is 5.41 Å². The van der Waals surface area contributed by atoms with Gasteiger partial charge in [0, 0.05) is 35.0 Å². The van der Waals surface area contributed by atoms with Crippen molar-refractivity contribution in [3.8, 4) is 0 Å². The standard InChI is InChI=1S/C36H63N7O3/c1-33(2,3)23-19-25(34(4,5)6)28-24(29(35(7,8)9)42-26(28)20-23)21-27(43-32(37)38)30(44)41-22-36(31(45)46-12,15-13-17-39-10)16-14-18-40-11/h19-20,27,39-40,42H,13-18,21-22H2,1-12H3,(H,41,44)(H4,37,38,43)/t27-/m0/s1. The number of H-pyrrole nitrogens is 1. The third-order valence-corrected chi connectivity index (χ3v) is 8.81. The molecule has 10 heteroatoms. The SMILES string of the molecule is CNCCCC(CCCNC)(CNC(=O)[C@H](Cc1c(C(C)(C)C)[nH]c2cc(C(C)(C)C)cc(C(C)(C)C)c12)N=C(N)N)C(=O)OC. The number of esters is 1. The van der Waals surface area contributed by atoms with E-state index >= 15 is 0 Å². The molecule has 0 saturated carbocycles. The largest absolute Gasteiger partial charge is 0.469 e. The van der Waals surface area contributed by atoms with Crippen molar-refractivity contribution in [1.29, 1.82) is 0 Å². The number of guanidine groups is 1. The number of hydrogen-bond donors (Lipinski definition) is 6. The van der Waals surface area contributed by atoms with E-state index in [-0.39, 0.29) is 40.6 Å². The van der Waals surface area contributed by atoms with Crippen LogP contribution in [0.4, 0.5) is 0 Å². The normalized spacial score (nSPS) is 13.5. The first kappa shape index (κ1) is 39.1. The van der Waals surface area contributed by atoms with E-state index < -0.39 is 11.5 Å². The smallest absolute Gasteiger partial charge is 0.313 e. The summed E-state index contributed by atoms with van der Waals surface area (Å²) in [6, 6.07) is 3.65. The van der Waals surface area contributed by atoms with Crippen LogP contribution in [0.3, 0.4) is 0 Å². The average Bonchev–Trinajstić information content (AvgIpc) is 3.32. The molecule has 2 aromatic rings. The van der Waals surface area contributed by atoms with E-state index in [4.69, 9.17) is 16.2 Å². The Bertz CT molecular complexity index is 1340. The van der Waals surface area contributed by atoms with Crippen molar-refractivity contribution in [1.82, 2.24) is 20.9 Å². The summed E-state index contributed by atoms with van der Waals surface area (Å²) in [5.74, 6) is -0.818. The Morgan fingerprint density at radius 3 is 1.89 bits per heavy atom. The van der Waals surface area contributed by atoms with Crippen LogP contribution in [0.25, 0.3) is 10.9 Å². The number of amides is 1. The van der Waals surface area contributed by atoms with Gasteiger partial charge in [0.25, 0.3) is 0 Å². The number of methoxy groups -OCH3 is 1. The highest BCUT2D eigenvalue weighted by Crippen LogP contribution is 2.41. The maximum Gasteiger partial charge on any atom is 0.313 e. The summed E-state index contributed by atoms with van der Waals surface area (Å²) in [4.78, 5) is 35.6. The highest BCUT2D eigenvalue weighted by molar-refractivity contribution is 5.92. The van der Waals surface area contributed by atoms with E-state index in [0.29, 0.717) is 19.3 Å². The molecule has 2 rings (SSSR count). The lowest BCUT2D eigenvalue weighted by molar-refractivity contribution is -0.154. The number of aromatic nitrogens is 1. The summed E-state index contributed by atoms with van der Waals surface area (Å²) in [5.41, 5.74) is 16.1. The molecule has 0 aliphatic carbocycles. The van der Waals surface area contributed by atoms with Gasteiger partial charge in [0.1, 0.15) is 6.04 Å². The molecule has 0 bridgehead atoms. The van der Waals surface area contributed by atoms with Gasteiger partial charge in [-0.3, -0.25) is 9.59 Å². The zero-order valence-electron chi connectivity index (χ0n) is 30.7. The van der Waals surface area contributed by atoms with Gasteiger partial charge in [-0.2, -0.15) is 0 Å². The molecule has 0 unspecified atom stereocenters. The summed E-state index contributed by atoms with van der Waals surface area (Å²) in [6.07, 6.45) is 2.95. The van der Waals surface area contributed by atoms with Gasteiger partial charge in [-0.15, -0.1) is 0 Å². The fourth-order valence-electron chi connectivity index (χ4n) is 6.22. The molecular weight excluding hydrogens is 578 g/mol. The first-order valence-electron chi connectivity index (χ1n) is 16.7. The number of nitrogens with two attached hydrogens (primary N) is 2. The number of ether oxygens (including phenoxy) is 1.